The second-order valence-corrected chi connectivity index (χ2v) is 6.18. The van der Waals surface area contributed by atoms with E-state index in [1.54, 1.807) is 0 Å². The van der Waals surface area contributed by atoms with Crippen LogP contribution in [0, 0.1) is 11.8 Å². The van der Waals surface area contributed by atoms with E-state index in [0.717, 1.165) is 11.8 Å². The van der Waals surface area contributed by atoms with Gasteiger partial charge in [0.25, 0.3) is 0 Å². The summed E-state index contributed by atoms with van der Waals surface area (Å²) in [5, 5.41) is 3.51. The Kier molecular flexibility index (Phi) is 3.91. The molecule has 0 unspecified atom stereocenters. The molecular weight excluding hydrogens is 196 g/mol. The fourth-order valence-corrected chi connectivity index (χ4v) is 3.84. The van der Waals surface area contributed by atoms with Gasteiger partial charge < -0.3 is 5.32 Å². The van der Waals surface area contributed by atoms with Gasteiger partial charge in [0, 0.05) is 18.6 Å². The molecule has 0 aromatic rings. The predicted octanol–water partition coefficient (Wildman–Crippen LogP) is 2.50. The van der Waals surface area contributed by atoms with Crippen LogP contribution in [0.25, 0.3) is 0 Å². The van der Waals surface area contributed by atoms with Crippen molar-refractivity contribution in [1.82, 2.24) is 10.2 Å². The van der Waals surface area contributed by atoms with Crippen molar-refractivity contribution in [3.05, 3.63) is 0 Å². The van der Waals surface area contributed by atoms with E-state index in [2.05, 4.69) is 31.0 Å². The highest BCUT2D eigenvalue weighted by atomic mass is 15.2. The first-order valence-corrected chi connectivity index (χ1v) is 7.12. The van der Waals surface area contributed by atoms with Gasteiger partial charge in [-0.25, -0.2) is 0 Å². The van der Waals surface area contributed by atoms with Crippen LogP contribution in [0.2, 0.25) is 0 Å². The lowest BCUT2D eigenvalue weighted by Gasteiger charge is -2.50. The van der Waals surface area contributed by atoms with Crippen molar-refractivity contribution >= 4 is 0 Å². The molecule has 2 aliphatic rings. The average molecular weight is 224 g/mol. The summed E-state index contributed by atoms with van der Waals surface area (Å²) in [5.41, 5.74) is 0.522. The van der Waals surface area contributed by atoms with E-state index >= 15 is 0 Å². The SMILES string of the molecule is CCC1(N2C[C@H](C)C[C@H](C)C2)CCNCC1. The molecule has 0 aromatic carbocycles. The topological polar surface area (TPSA) is 15.3 Å². The van der Waals surface area contributed by atoms with E-state index in [1.807, 2.05) is 0 Å². The first kappa shape index (κ1) is 12.4. The molecule has 0 amide bonds. The Balaban J connectivity index is 2.07. The van der Waals surface area contributed by atoms with Gasteiger partial charge in [0.05, 0.1) is 0 Å². The summed E-state index contributed by atoms with van der Waals surface area (Å²) < 4.78 is 0. The highest BCUT2D eigenvalue weighted by Crippen LogP contribution is 2.34. The zero-order valence-corrected chi connectivity index (χ0v) is 11.3. The molecule has 0 aliphatic carbocycles. The summed E-state index contributed by atoms with van der Waals surface area (Å²) in [6, 6.07) is 0. The fraction of sp³-hybridized carbons (Fsp3) is 1.00. The Morgan fingerprint density at radius 3 is 2.19 bits per heavy atom. The Labute approximate surface area is 101 Å². The van der Waals surface area contributed by atoms with Gasteiger partial charge in [-0.15, -0.1) is 0 Å². The molecular formula is C14H28N2. The lowest BCUT2D eigenvalue weighted by molar-refractivity contribution is 0.00113. The Hall–Kier alpha value is -0.0800. The summed E-state index contributed by atoms with van der Waals surface area (Å²) >= 11 is 0. The number of likely N-dealkylation sites (tertiary alicyclic amines) is 1. The molecule has 0 bridgehead atoms. The number of nitrogens with zero attached hydrogens (tertiary/aromatic N) is 1. The smallest absolute Gasteiger partial charge is 0.0231 e. The van der Waals surface area contributed by atoms with Gasteiger partial charge in [-0.1, -0.05) is 20.8 Å². The number of piperidine rings is 2. The van der Waals surface area contributed by atoms with E-state index < -0.39 is 0 Å². The maximum absolute atomic E-state index is 3.51. The molecule has 2 rings (SSSR count). The molecule has 2 saturated heterocycles. The third-order valence-electron chi connectivity index (χ3n) is 4.73. The molecule has 2 fully saturated rings. The molecule has 0 radical (unpaired) electrons. The van der Waals surface area contributed by atoms with Crippen LogP contribution in [0.5, 0.6) is 0 Å². The lowest BCUT2D eigenvalue weighted by Crippen LogP contribution is -2.58. The maximum atomic E-state index is 3.51. The minimum absolute atomic E-state index is 0.522. The zero-order valence-electron chi connectivity index (χ0n) is 11.3. The van der Waals surface area contributed by atoms with Crippen LogP contribution in [-0.2, 0) is 0 Å². The quantitative estimate of drug-likeness (QED) is 0.775. The number of rotatable bonds is 2. The summed E-state index contributed by atoms with van der Waals surface area (Å²) in [6.45, 7) is 12.3. The van der Waals surface area contributed by atoms with Gasteiger partial charge in [0.15, 0.2) is 0 Å². The van der Waals surface area contributed by atoms with Crippen LogP contribution in [0.15, 0.2) is 0 Å². The van der Waals surface area contributed by atoms with Crippen LogP contribution >= 0.6 is 0 Å². The van der Waals surface area contributed by atoms with Gasteiger partial charge in [-0.05, 0) is 50.6 Å². The Morgan fingerprint density at radius 2 is 1.69 bits per heavy atom. The van der Waals surface area contributed by atoms with E-state index in [9.17, 15) is 0 Å². The lowest BCUT2D eigenvalue weighted by atomic mass is 9.80. The van der Waals surface area contributed by atoms with Crippen LogP contribution in [0.4, 0.5) is 0 Å². The van der Waals surface area contributed by atoms with Gasteiger partial charge in [0.2, 0.25) is 0 Å². The maximum Gasteiger partial charge on any atom is 0.0231 e. The average Bonchev–Trinajstić information content (AvgIpc) is 2.28. The van der Waals surface area contributed by atoms with Crippen LogP contribution in [0.1, 0.15) is 46.5 Å². The molecule has 16 heavy (non-hydrogen) atoms. The minimum Gasteiger partial charge on any atom is -0.317 e. The second kappa shape index (κ2) is 5.05. The molecule has 0 spiro atoms. The van der Waals surface area contributed by atoms with Crippen molar-refractivity contribution in [3.63, 3.8) is 0 Å². The van der Waals surface area contributed by atoms with Crippen molar-refractivity contribution < 1.29 is 0 Å². The van der Waals surface area contributed by atoms with Gasteiger partial charge in [-0.2, -0.15) is 0 Å². The summed E-state index contributed by atoms with van der Waals surface area (Å²) in [4.78, 5) is 2.83. The van der Waals surface area contributed by atoms with Crippen molar-refractivity contribution in [1.29, 1.82) is 0 Å². The fourth-order valence-electron chi connectivity index (χ4n) is 3.84. The van der Waals surface area contributed by atoms with E-state index in [4.69, 9.17) is 0 Å². The normalized spacial score (nSPS) is 36.2. The Morgan fingerprint density at radius 1 is 1.12 bits per heavy atom. The summed E-state index contributed by atoms with van der Waals surface area (Å²) in [7, 11) is 0. The summed E-state index contributed by atoms with van der Waals surface area (Å²) in [6.07, 6.45) is 5.45. The monoisotopic (exact) mass is 224 g/mol. The third-order valence-corrected chi connectivity index (χ3v) is 4.73. The number of nitrogens with one attached hydrogen (secondary N) is 1. The van der Waals surface area contributed by atoms with Crippen molar-refractivity contribution in [3.8, 4) is 0 Å². The second-order valence-electron chi connectivity index (χ2n) is 6.18. The molecule has 2 aliphatic heterocycles. The third kappa shape index (κ3) is 2.43. The van der Waals surface area contributed by atoms with Gasteiger partial charge in [0.1, 0.15) is 0 Å². The number of hydrogen-bond acceptors (Lipinski definition) is 2. The predicted molar refractivity (Wildman–Crippen MR) is 69.6 cm³/mol. The first-order chi connectivity index (χ1) is 7.66. The highest BCUT2D eigenvalue weighted by Gasteiger charge is 2.39. The Bertz CT molecular complexity index is 211. The number of hydrogen-bond donors (Lipinski definition) is 1. The van der Waals surface area contributed by atoms with E-state index in [1.165, 1.54) is 51.9 Å². The van der Waals surface area contributed by atoms with Gasteiger partial charge >= 0.3 is 0 Å². The summed E-state index contributed by atoms with van der Waals surface area (Å²) in [5.74, 6) is 1.78. The van der Waals surface area contributed by atoms with Crippen LogP contribution < -0.4 is 5.32 Å². The first-order valence-electron chi connectivity index (χ1n) is 7.12. The molecule has 2 atom stereocenters. The zero-order chi connectivity index (χ0) is 11.6. The largest absolute Gasteiger partial charge is 0.317 e. The molecule has 1 N–H and O–H groups in total. The molecule has 0 aromatic heterocycles. The molecule has 94 valence electrons. The minimum atomic E-state index is 0.522. The van der Waals surface area contributed by atoms with Crippen LogP contribution in [0.3, 0.4) is 0 Å². The molecule has 2 nitrogen and oxygen atoms in total. The molecule has 2 heteroatoms. The molecule has 0 saturated carbocycles. The van der Waals surface area contributed by atoms with E-state index in [-0.39, 0.29) is 0 Å². The van der Waals surface area contributed by atoms with Crippen LogP contribution in [-0.4, -0.2) is 36.6 Å². The molecule has 2 heterocycles. The van der Waals surface area contributed by atoms with Crippen molar-refractivity contribution in [2.45, 2.75) is 52.0 Å². The van der Waals surface area contributed by atoms with Gasteiger partial charge in [-0.3, -0.25) is 4.90 Å². The van der Waals surface area contributed by atoms with Crippen molar-refractivity contribution in [2.75, 3.05) is 26.2 Å². The highest BCUT2D eigenvalue weighted by molar-refractivity contribution is 4.96. The standard InChI is InChI=1S/C14H28N2/c1-4-14(5-7-15-8-6-14)16-10-12(2)9-13(3)11-16/h12-13,15H,4-11H2,1-3H3/t12-,13+. The van der Waals surface area contributed by atoms with Crippen molar-refractivity contribution in [2.24, 2.45) is 11.8 Å². The van der Waals surface area contributed by atoms with E-state index in [0.29, 0.717) is 5.54 Å².